The van der Waals surface area contributed by atoms with Gasteiger partial charge in [-0.15, -0.1) is 0 Å². The van der Waals surface area contributed by atoms with Gasteiger partial charge in [-0.3, -0.25) is 0 Å². The van der Waals surface area contributed by atoms with Crippen molar-refractivity contribution in [3.8, 4) is 11.8 Å². The molecule has 6 heteroatoms. The molecule has 0 aliphatic rings. The Morgan fingerprint density at radius 2 is 2.10 bits per heavy atom. The second-order valence-electron chi connectivity index (χ2n) is 4.64. The molecule has 1 aromatic carbocycles. The van der Waals surface area contributed by atoms with Gasteiger partial charge in [0.05, 0.1) is 6.54 Å². The van der Waals surface area contributed by atoms with Gasteiger partial charge in [-0.2, -0.15) is 17.4 Å². The summed E-state index contributed by atoms with van der Waals surface area (Å²) in [6.07, 6.45) is 0. The monoisotopic (exact) mass is 295 g/mol. The van der Waals surface area contributed by atoms with Crippen molar-refractivity contribution >= 4 is 10.2 Å². The minimum Gasteiger partial charge on any atom is -0.320 e. The molecule has 110 valence electrons. The summed E-state index contributed by atoms with van der Waals surface area (Å²) >= 11 is 0. The number of rotatable bonds is 5. The summed E-state index contributed by atoms with van der Waals surface area (Å²) in [5, 5.41) is 0. The van der Waals surface area contributed by atoms with Crippen molar-refractivity contribution in [3.63, 3.8) is 0 Å². The van der Waals surface area contributed by atoms with Gasteiger partial charge in [-0.1, -0.05) is 24.0 Å². The molecular formula is C14H21N3O2S. The third kappa shape index (κ3) is 4.94. The molecule has 0 aliphatic carbocycles. The number of hydrogen-bond acceptors (Lipinski definition) is 3. The molecule has 0 aliphatic heterocycles. The molecule has 0 saturated carbocycles. The Bertz CT molecular complexity index is 600. The van der Waals surface area contributed by atoms with Crippen LogP contribution < -0.4 is 10.5 Å². The van der Waals surface area contributed by atoms with Crippen LogP contribution in [0.1, 0.15) is 25.0 Å². The third-order valence-electron chi connectivity index (χ3n) is 2.83. The first-order valence-electron chi connectivity index (χ1n) is 6.37. The van der Waals surface area contributed by atoms with Crippen molar-refractivity contribution in [3.05, 3.63) is 35.4 Å². The van der Waals surface area contributed by atoms with Crippen LogP contribution in [0.2, 0.25) is 0 Å². The summed E-state index contributed by atoms with van der Waals surface area (Å²) in [7, 11) is -1.91. The van der Waals surface area contributed by atoms with Crippen LogP contribution in [-0.4, -0.2) is 32.4 Å². The van der Waals surface area contributed by atoms with Crippen LogP contribution in [0.3, 0.4) is 0 Å². The number of hydrogen-bond donors (Lipinski definition) is 2. The van der Waals surface area contributed by atoms with E-state index in [-0.39, 0.29) is 12.6 Å². The van der Waals surface area contributed by atoms with Crippen LogP contribution in [0.4, 0.5) is 0 Å². The molecule has 0 spiro atoms. The lowest BCUT2D eigenvalue weighted by molar-refractivity contribution is 0.402. The van der Waals surface area contributed by atoms with E-state index >= 15 is 0 Å². The Balaban J connectivity index is 2.75. The molecule has 0 radical (unpaired) electrons. The second kappa shape index (κ2) is 7.41. The highest BCUT2D eigenvalue weighted by Crippen LogP contribution is 2.06. The average Bonchev–Trinajstić information content (AvgIpc) is 2.42. The summed E-state index contributed by atoms with van der Waals surface area (Å²) < 4.78 is 27.8. The Hall–Kier alpha value is -1.39. The van der Waals surface area contributed by atoms with Crippen LogP contribution in [-0.2, 0) is 16.8 Å². The maximum Gasteiger partial charge on any atom is 0.279 e. The fourth-order valence-electron chi connectivity index (χ4n) is 1.47. The molecule has 0 atom stereocenters. The lowest BCUT2D eigenvalue weighted by Gasteiger charge is -2.21. The SMILES string of the molecule is CC(C)N(C)S(=O)(=O)NCc1cccc(C#CCN)c1. The summed E-state index contributed by atoms with van der Waals surface area (Å²) in [6, 6.07) is 7.32. The van der Waals surface area contributed by atoms with Gasteiger partial charge in [0.15, 0.2) is 0 Å². The van der Waals surface area contributed by atoms with E-state index in [1.54, 1.807) is 7.05 Å². The van der Waals surface area contributed by atoms with E-state index in [2.05, 4.69) is 16.6 Å². The number of nitrogens with two attached hydrogens (primary N) is 1. The molecule has 3 N–H and O–H groups in total. The van der Waals surface area contributed by atoms with Crippen molar-refractivity contribution in [1.82, 2.24) is 9.03 Å². The summed E-state index contributed by atoms with van der Waals surface area (Å²) in [6.45, 7) is 4.18. The van der Waals surface area contributed by atoms with E-state index in [0.717, 1.165) is 11.1 Å². The number of nitrogens with zero attached hydrogens (tertiary/aromatic N) is 1. The fourth-order valence-corrected chi connectivity index (χ4v) is 2.57. The molecule has 1 aromatic rings. The first-order chi connectivity index (χ1) is 9.36. The smallest absolute Gasteiger partial charge is 0.279 e. The maximum atomic E-state index is 12.0. The molecule has 0 unspecified atom stereocenters. The Morgan fingerprint density at radius 3 is 2.70 bits per heavy atom. The van der Waals surface area contributed by atoms with Gasteiger partial charge >= 0.3 is 0 Å². The van der Waals surface area contributed by atoms with Crippen LogP contribution in [0.5, 0.6) is 0 Å². The molecule has 0 aromatic heterocycles. The number of nitrogens with one attached hydrogen (secondary N) is 1. The van der Waals surface area contributed by atoms with Crippen molar-refractivity contribution in [1.29, 1.82) is 0 Å². The minimum absolute atomic E-state index is 0.0887. The lowest BCUT2D eigenvalue weighted by atomic mass is 10.1. The highest BCUT2D eigenvalue weighted by molar-refractivity contribution is 7.87. The van der Waals surface area contributed by atoms with Crippen molar-refractivity contribution in [2.75, 3.05) is 13.6 Å². The van der Waals surface area contributed by atoms with E-state index in [0.29, 0.717) is 6.54 Å². The van der Waals surface area contributed by atoms with E-state index in [4.69, 9.17) is 5.73 Å². The van der Waals surface area contributed by atoms with E-state index in [1.165, 1.54) is 4.31 Å². The first-order valence-corrected chi connectivity index (χ1v) is 7.81. The van der Waals surface area contributed by atoms with Gasteiger partial charge in [0.25, 0.3) is 10.2 Å². The van der Waals surface area contributed by atoms with Crippen molar-refractivity contribution in [2.45, 2.75) is 26.4 Å². The molecule has 0 heterocycles. The van der Waals surface area contributed by atoms with Crippen LogP contribution in [0.25, 0.3) is 0 Å². The predicted octanol–water partition coefficient (Wildman–Crippen LogP) is 0.671. The van der Waals surface area contributed by atoms with Gasteiger partial charge in [0.2, 0.25) is 0 Å². The van der Waals surface area contributed by atoms with E-state index in [9.17, 15) is 8.42 Å². The quantitative estimate of drug-likeness (QED) is 0.784. The topological polar surface area (TPSA) is 75.4 Å². The highest BCUT2D eigenvalue weighted by atomic mass is 32.2. The zero-order valence-corrected chi connectivity index (χ0v) is 12.9. The lowest BCUT2D eigenvalue weighted by Crippen LogP contribution is -2.41. The summed E-state index contributed by atoms with van der Waals surface area (Å²) in [5.74, 6) is 5.69. The van der Waals surface area contributed by atoms with Crippen molar-refractivity contribution in [2.24, 2.45) is 5.73 Å². The van der Waals surface area contributed by atoms with Crippen LogP contribution >= 0.6 is 0 Å². The Labute approximate surface area is 121 Å². The molecule has 0 saturated heterocycles. The first kappa shape index (κ1) is 16.7. The zero-order valence-electron chi connectivity index (χ0n) is 12.1. The molecule has 0 bridgehead atoms. The number of benzene rings is 1. The van der Waals surface area contributed by atoms with Crippen molar-refractivity contribution < 1.29 is 8.42 Å². The second-order valence-corrected chi connectivity index (χ2v) is 6.46. The zero-order chi connectivity index (χ0) is 15.2. The van der Waals surface area contributed by atoms with Gasteiger partial charge in [-0.25, -0.2) is 0 Å². The van der Waals surface area contributed by atoms with Crippen LogP contribution in [0, 0.1) is 11.8 Å². The third-order valence-corrected chi connectivity index (χ3v) is 4.52. The maximum absolute atomic E-state index is 12.0. The minimum atomic E-state index is -3.46. The van der Waals surface area contributed by atoms with E-state index in [1.807, 2.05) is 38.1 Å². The Kier molecular flexibility index (Phi) is 6.17. The largest absolute Gasteiger partial charge is 0.320 e. The standard InChI is InChI=1S/C14H21N3O2S/c1-12(2)17(3)20(18,19)16-11-14-7-4-6-13(10-14)8-5-9-15/h4,6-7,10,12,16H,9,11,15H2,1-3H3. The Morgan fingerprint density at radius 1 is 1.40 bits per heavy atom. The molecular weight excluding hydrogens is 274 g/mol. The van der Waals surface area contributed by atoms with Crippen LogP contribution in [0.15, 0.2) is 24.3 Å². The fraction of sp³-hybridized carbons (Fsp3) is 0.429. The van der Waals surface area contributed by atoms with Gasteiger partial charge in [0.1, 0.15) is 0 Å². The summed E-state index contributed by atoms with van der Waals surface area (Å²) in [4.78, 5) is 0. The van der Waals surface area contributed by atoms with E-state index < -0.39 is 10.2 Å². The highest BCUT2D eigenvalue weighted by Gasteiger charge is 2.19. The van der Waals surface area contributed by atoms with Gasteiger partial charge in [-0.05, 0) is 31.5 Å². The molecule has 1 rings (SSSR count). The normalized spacial score (nSPS) is 11.5. The molecule has 5 nitrogen and oxygen atoms in total. The summed E-state index contributed by atoms with van der Waals surface area (Å²) in [5.41, 5.74) is 7.00. The molecule has 0 fully saturated rings. The average molecular weight is 295 g/mol. The predicted molar refractivity (Wildman–Crippen MR) is 81.0 cm³/mol. The molecule has 0 amide bonds. The van der Waals surface area contributed by atoms with Gasteiger partial charge < -0.3 is 5.73 Å². The molecule has 20 heavy (non-hydrogen) atoms. The van der Waals surface area contributed by atoms with Gasteiger partial charge in [0, 0.05) is 25.2 Å².